The Balaban J connectivity index is 2.10. The highest BCUT2D eigenvalue weighted by Gasteiger charge is 2.01. The highest BCUT2D eigenvalue weighted by Crippen LogP contribution is 2.27. The van der Waals surface area contributed by atoms with Crippen molar-refractivity contribution in [1.29, 1.82) is 0 Å². The van der Waals surface area contributed by atoms with Gasteiger partial charge in [0.25, 0.3) is 0 Å². The Morgan fingerprint density at radius 3 is 2.21 bits per heavy atom. The summed E-state index contributed by atoms with van der Waals surface area (Å²) in [4.78, 5) is 10.9. The van der Waals surface area contributed by atoms with E-state index in [2.05, 4.69) is 5.32 Å². The molecule has 2 aromatic rings. The third-order valence-corrected chi connectivity index (χ3v) is 2.47. The zero-order valence-corrected chi connectivity index (χ0v) is 10.5. The number of ether oxygens (including phenoxy) is 1. The molecule has 5 nitrogen and oxygen atoms in total. The number of anilines is 3. The summed E-state index contributed by atoms with van der Waals surface area (Å²) in [6.07, 6.45) is 0. The summed E-state index contributed by atoms with van der Waals surface area (Å²) in [5.74, 6) is 1.15. The maximum absolute atomic E-state index is 10.9. The van der Waals surface area contributed by atoms with Gasteiger partial charge in [-0.1, -0.05) is 0 Å². The third-order valence-electron chi connectivity index (χ3n) is 2.47. The van der Waals surface area contributed by atoms with Gasteiger partial charge in [0.1, 0.15) is 11.5 Å². The molecule has 2 rings (SSSR count). The molecule has 5 N–H and O–H groups in total. The molecule has 0 aliphatic carbocycles. The van der Waals surface area contributed by atoms with Gasteiger partial charge in [0.15, 0.2) is 0 Å². The van der Waals surface area contributed by atoms with E-state index in [9.17, 15) is 4.79 Å². The van der Waals surface area contributed by atoms with Crippen LogP contribution in [0.3, 0.4) is 0 Å². The van der Waals surface area contributed by atoms with Gasteiger partial charge in [-0.05, 0) is 36.4 Å². The van der Waals surface area contributed by atoms with Crippen LogP contribution in [0, 0.1) is 0 Å². The van der Waals surface area contributed by atoms with Crippen molar-refractivity contribution < 1.29 is 9.53 Å². The Labute approximate surface area is 111 Å². The molecule has 0 saturated carbocycles. The molecule has 0 aliphatic heterocycles. The summed E-state index contributed by atoms with van der Waals surface area (Å²) in [6, 6.07) is 12.1. The monoisotopic (exact) mass is 257 g/mol. The first-order valence-electron chi connectivity index (χ1n) is 5.75. The fourth-order valence-corrected chi connectivity index (χ4v) is 1.56. The van der Waals surface area contributed by atoms with E-state index < -0.39 is 0 Å². The number of nitrogens with one attached hydrogen (secondary N) is 1. The van der Waals surface area contributed by atoms with E-state index >= 15 is 0 Å². The zero-order chi connectivity index (χ0) is 13.8. The molecule has 0 heterocycles. The lowest BCUT2D eigenvalue weighted by atomic mass is 10.2. The van der Waals surface area contributed by atoms with Crippen LogP contribution in [-0.2, 0) is 4.79 Å². The van der Waals surface area contributed by atoms with Crippen LogP contribution in [-0.4, -0.2) is 5.91 Å². The van der Waals surface area contributed by atoms with Crippen LogP contribution in [0.2, 0.25) is 0 Å². The predicted molar refractivity (Wildman–Crippen MR) is 76.1 cm³/mol. The summed E-state index contributed by atoms with van der Waals surface area (Å²) < 4.78 is 5.63. The van der Waals surface area contributed by atoms with Gasteiger partial charge in [0.05, 0.1) is 11.4 Å². The van der Waals surface area contributed by atoms with Gasteiger partial charge in [0.2, 0.25) is 5.91 Å². The fourth-order valence-electron chi connectivity index (χ4n) is 1.56. The molecule has 0 atom stereocenters. The topological polar surface area (TPSA) is 90.4 Å². The number of rotatable bonds is 3. The van der Waals surface area contributed by atoms with Crippen molar-refractivity contribution in [2.24, 2.45) is 0 Å². The second-order valence-electron chi connectivity index (χ2n) is 4.10. The highest BCUT2D eigenvalue weighted by atomic mass is 16.5. The largest absolute Gasteiger partial charge is 0.457 e. The van der Waals surface area contributed by atoms with Gasteiger partial charge < -0.3 is 21.5 Å². The van der Waals surface area contributed by atoms with Crippen LogP contribution in [0.4, 0.5) is 17.1 Å². The molecule has 0 radical (unpaired) electrons. The lowest BCUT2D eigenvalue weighted by molar-refractivity contribution is -0.114. The number of nitrogen functional groups attached to an aromatic ring is 2. The van der Waals surface area contributed by atoms with Crippen molar-refractivity contribution in [3.8, 4) is 11.5 Å². The Kier molecular flexibility index (Phi) is 3.56. The second kappa shape index (κ2) is 5.30. The molecule has 0 bridgehead atoms. The number of hydrogen-bond donors (Lipinski definition) is 3. The maximum atomic E-state index is 10.9. The number of carbonyl (C=O) groups excluding carboxylic acids is 1. The molecule has 0 aromatic heterocycles. The number of nitrogens with two attached hydrogens (primary N) is 2. The predicted octanol–water partition coefficient (Wildman–Crippen LogP) is 2.60. The summed E-state index contributed by atoms with van der Waals surface area (Å²) in [5, 5.41) is 2.68. The molecular formula is C14H15N3O2. The van der Waals surface area contributed by atoms with Crippen molar-refractivity contribution in [2.75, 3.05) is 16.8 Å². The van der Waals surface area contributed by atoms with Gasteiger partial charge in [-0.2, -0.15) is 0 Å². The molecular weight excluding hydrogens is 242 g/mol. The van der Waals surface area contributed by atoms with Gasteiger partial charge in [0, 0.05) is 18.7 Å². The second-order valence-corrected chi connectivity index (χ2v) is 4.10. The first-order valence-corrected chi connectivity index (χ1v) is 5.75. The van der Waals surface area contributed by atoms with Crippen LogP contribution >= 0.6 is 0 Å². The van der Waals surface area contributed by atoms with Crippen molar-refractivity contribution in [3.63, 3.8) is 0 Å². The van der Waals surface area contributed by atoms with E-state index in [1.807, 2.05) is 0 Å². The number of hydrogen-bond acceptors (Lipinski definition) is 4. The van der Waals surface area contributed by atoms with Crippen LogP contribution < -0.4 is 21.5 Å². The van der Waals surface area contributed by atoms with E-state index in [0.29, 0.717) is 22.9 Å². The van der Waals surface area contributed by atoms with E-state index in [4.69, 9.17) is 16.2 Å². The van der Waals surface area contributed by atoms with Gasteiger partial charge in [-0.3, -0.25) is 4.79 Å². The minimum atomic E-state index is -0.111. The van der Waals surface area contributed by atoms with Gasteiger partial charge in [-0.15, -0.1) is 0 Å². The Morgan fingerprint density at radius 2 is 1.63 bits per heavy atom. The fraction of sp³-hybridized carbons (Fsp3) is 0.0714. The molecule has 19 heavy (non-hydrogen) atoms. The maximum Gasteiger partial charge on any atom is 0.221 e. The average molecular weight is 257 g/mol. The van der Waals surface area contributed by atoms with Crippen LogP contribution in [0.1, 0.15) is 6.92 Å². The quantitative estimate of drug-likeness (QED) is 0.737. The zero-order valence-electron chi connectivity index (χ0n) is 10.5. The van der Waals surface area contributed by atoms with Crippen molar-refractivity contribution in [3.05, 3.63) is 42.5 Å². The summed E-state index contributed by atoms with van der Waals surface area (Å²) >= 11 is 0. The molecule has 98 valence electrons. The minimum absolute atomic E-state index is 0.111. The van der Waals surface area contributed by atoms with E-state index in [-0.39, 0.29) is 5.91 Å². The smallest absolute Gasteiger partial charge is 0.221 e. The SMILES string of the molecule is CC(=O)Nc1ccc(Oc2ccc(N)c(N)c2)cc1. The van der Waals surface area contributed by atoms with Crippen LogP contribution in [0.25, 0.3) is 0 Å². The lowest BCUT2D eigenvalue weighted by Crippen LogP contribution is -2.05. The molecule has 0 saturated heterocycles. The Bertz CT molecular complexity index is 594. The van der Waals surface area contributed by atoms with Crippen molar-refractivity contribution in [2.45, 2.75) is 6.92 Å². The third kappa shape index (κ3) is 3.38. The van der Waals surface area contributed by atoms with E-state index in [1.165, 1.54) is 6.92 Å². The first kappa shape index (κ1) is 12.8. The summed E-state index contributed by atoms with van der Waals surface area (Å²) in [7, 11) is 0. The molecule has 5 heteroatoms. The average Bonchev–Trinajstić information content (AvgIpc) is 2.36. The molecule has 2 aromatic carbocycles. The minimum Gasteiger partial charge on any atom is -0.457 e. The lowest BCUT2D eigenvalue weighted by Gasteiger charge is -2.08. The Morgan fingerprint density at radius 1 is 1.00 bits per heavy atom. The molecule has 0 spiro atoms. The molecule has 0 unspecified atom stereocenters. The summed E-state index contributed by atoms with van der Waals surface area (Å²) in [5.41, 5.74) is 13.0. The van der Waals surface area contributed by atoms with Crippen molar-refractivity contribution in [1.82, 2.24) is 0 Å². The number of amides is 1. The van der Waals surface area contributed by atoms with Crippen LogP contribution in [0.15, 0.2) is 42.5 Å². The van der Waals surface area contributed by atoms with E-state index in [1.54, 1.807) is 42.5 Å². The van der Waals surface area contributed by atoms with Crippen molar-refractivity contribution >= 4 is 23.0 Å². The first-order chi connectivity index (χ1) is 9.04. The summed E-state index contributed by atoms with van der Waals surface area (Å²) in [6.45, 7) is 1.46. The normalized spacial score (nSPS) is 9.95. The van der Waals surface area contributed by atoms with E-state index in [0.717, 1.165) is 5.69 Å². The molecule has 1 amide bonds. The van der Waals surface area contributed by atoms with Gasteiger partial charge >= 0.3 is 0 Å². The Hall–Kier alpha value is -2.69. The van der Waals surface area contributed by atoms with Crippen LogP contribution in [0.5, 0.6) is 11.5 Å². The molecule has 0 fully saturated rings. The number of carbonyl (C=O) groups is 1. The highest BCUT2D eigenvalue weighted by molar-refractivity contribution is 5.88. The van der Waals surface area contributed by atoms with Gasteiger partial charge in [-0.25, -0.2) is 0 Å². The standard InChI is InChI=1S/C14H15N3O2/c1-9(18)17-10-2-4-11(5-3-10)19-12-6-7-13(15)14(16)8-12/h2-8H,15-16H2,1H3,(H,17,18). The molecule has 0 aliphatic rings. The number of benzene rings is 2.